The normalized spacial score (nSPS) is 31.6. The van der Waals surface area contributed by atoms with E-state index in [1.165, 1.54) is 12.8 Å². The number of hydrogen-bond donors (Lipinski definition) is 1. The minimum Gasteiger partial charge on any atom is -0.380 e. The third-order valence-electron chi connectivity index (χ3n) is 2.27. The van der Waals surface area contributed by atoms with Gasteiger partial charge < -0.3 is 10.1 Å². The van der Waals surface area contributed by atoms with Crippen molar-refractivity contribution in [1.82, 2.24) is 5.32 Å². The van der Waals surface area contributed by atoms with Crippen molar-refractivity contribution in [3.05, 3.63) is 0 Å². The lowest BCUT2D eigenvalue weighted by molar-refractivity contribution is 0.117. The van der Waals surface area contributed by atoms with Crippen LogP contribution in [0.4, 0.5) is 0 Å². The van der Waals surface area contributed by atoms with Crippen LogP contribution in [0.1, 0.15) is 26.7 Å². The second kappa shape index (κ2) is 4.07. The Morgan fingerprint density at radius 1 is 1.55 bits per heavy atom. The summed E-state index contributed by atoms with van der Waals surface area (Å²) < 4.78 is 5.26. The average Bonchev–Trinajstić information content (AvgIpc) is 2.34. The highest BCUT2D eigenvalue weighted by atomic mass is 16.5. The predicted octanol–water partition coefficient (Wildman–Crippen LogP) is 1.41. The fourth-order valence-electron chi connectivity index (χ4n) is 1.71. The summed E-state index contributed by atoms with van der Waals surface area (Å²) in [5.74, 6) is 0.795. The van der Waals surface area contributed by atoms with Crippen LogP contribution in [-0.2, 0) is 4.74 Å². The van der Waals surface area contributed by atoms with E-state index in [-0.39, 0.29) is 0 Å². The van der Waals surface area contributed by atoms with Crippen LogP contribution in [0.2, 0.25) is 0 Å². The van der Waals surface area contributed by atoms with Crippen LogP contribution in [0.5, 0.6) is 0 Å². The summed E-state index contributed by atoms with van der Waals surface area (Å²) in [4.78, 5) is 0. The zero-order valence-electron chi connectivity index (χ0n) is 7.76. The molecule has 0 aromatic rings. The monoisotopic (exact) mass is 157 g/mol. The molecule has 0 aliphatic carbocycles. The second-order valence-electron chi connectivity index (χ2n) is 3.83. The standard InChI is InChI=1S/C9H19NO/c1-7(2)4-8-5-9(11-3)6-10-8/h7-10H,4-6H2,1-3H3/t8-,9+/m0/s1. The molecule has 11 heavy (non-hydrogen) atoms. The molecule has 1 heterocycles. The Kier molecular flexibility index (Phi) is 3.34. The fourth-order valence-corrected chi connectivity index (χ4v) is 1.71. The zero-order chi connectivity index (χ0) is 8.27. The summed E-state index contributed by atoms with van der Waals surface area (Å²) in [5, 5.41) is 3.46. The summed E-state index contributed by atoms with van der Waals surface area (Å²) in [6, 6.07) is 0.694. The van der Waals surface area contributed by atoms with Crippen LogP contribution in [0.25, 0.3) is 0 Å². The smallest absolute Gasteiger partial charge is 0.0710 e. The molecule has 2 heteroatoms. The minimum atomic E-state index is 0.457. The van der Waals surface area contributed by atoms with Crippen molar-refractivity contribution in [2.24, 2.45) is 5.92 Å². The molecule has 0 radical (unpaired) electrons. The highest BCUT2D eigenvalue weighted by Gasteiger charge is 2.23. The van der Waals surface area contributed by atoms with E-state index in [0.717, 1.165) is 12.5 Å². The summed E-state index contributed by atoms with van der Waals surface area (Å²) in [6.07, 6.45) is 2.92. The Labute approximate surface area is 69.3 Å². The molecule has 1 saturated heterocycles. The molecule has 1 aliphatic rings. The first-order valence-corrected chi connectivity index (χ1v) is 4.48. The highest BCUT2D eigenvalue weighted by Crippen LogP contribution is 2.16. The Bertz CT molecular complexity index is 114. The van der Waals surface area contributed by atoms with Crippen LogP contribution in [0.3, 0.4) is 0 Å². The minimum absolute atomic E-state index is 0.457. The van der Waals surface area contributed by atoms with Gasteiger partial charge in [0.05, 0.1) is 6.10 Å². The lowest BCUT2D eigenvalue weighted by Gasteiger charge is -2.12. The topological polar surface area (TPSA) is 21.3 Å². The van der Waals surface area contributed by atoms with Crippen LogP contribution in [-0.4, -0.2) is 25.8 Å². The lowest BCUT2D eigenvalue weighted by atomic mass is 10.0. The van der Waals surface area contributed by atoms with E-state index >= 15 is 0 Å². The first-order valence-electron chi connectivity index (χ1n) is 4.48. The summed E-state index contributed by atoms with van der Waals surface area (Å²) in [7, 11) is 1.80. The predicted molar refractivity (Wildman–Crippen MR) is 46.7 cm³/mol. The third kappa shape index (κ3) is 2.80. The highest BCUT2D eigenvalue weighted by molar-refractivity contribution is 4.82. The Morgan fingerprint density at radius 2 is 2.27 bits per heavy atom. The molecule has 2 atom stereocenters. The molecule has 0 amide bonds. The molecular weight excluding hydrogens is 138 g/mol. The van der Waals surface area contributed by atoms with Crippen molar-refractivity contribution in [2.45, 2.75) is 38.8 Å². The summed E-state index contributed by atoms with van der Waals surface area (Å²) >= 11 is 0. The average molecular weight is 157 g/mol. The molecule has 1 N–H and O–H groups in total. The van der Waals surface area contributed by atoms with Crippen LogP contribution >= 0.6 is 0 Å². The van der Waals surface area contributed by atoms with Gasteiger partial charge in [0, 0.05) is 19.7 Å². The molecule has 0 saturated carbocycles. The van der Waals surface area contributed by atoms with Crippen molar-refractivity contribution in [3.63, 3.8) is 0 Å². The second-order valence-corrected chi connectivity index (χ2v) is 3.83. The van der Waals surface area contributed by atoms with Gasteiger partial charge in [0.1, 0.15) is 0 Å². The van der Waals surface area contributed by atoms with Gasteiger partial charge in [-0.2, -0.15) is 0 Å². The van der Waals surface area contributed by atoms with E-state index in [9.17, 15) is 0 Å². The van der Waals surface area contributed by atoms with Gasteiger partial charge in [-0.1, -0.05) is 13.8 Å². The van der Waals surface area contributed by atoms with Gasteiger partial charge in [-0.3, -0.25) is 0 Å². The van der Waals surface area contributed by atoms with Crippen molar-refractivity contribution in [2.75, 3.05) is 13.7 Å². The Morgan fingerprint density at radius 3 is 2.73 bits per heavy atom. The van der Waals surface area contributed by atoms with E-state index in [0.29, 0.717) is 12.1 Å². The molecule has 2 nitrogen and oxygen atoms in total. The lowest BCUT2D eigenvalue weighted by Crippen LogP contribution is -2.23. The first-order chi connectivity index (χ1) is 5.22. The van der Waals surface area contributed by atoms with Gasteiger partial charge >= 0.3 is 0 Å². The van der Waals surface area contributed by atoms with Crippen LogP contribution < -0.4 is 5.32 Å². The van der Waals surface area contributed by atoms with Gasteiger partial charge in [0.25, 0.3) is 0 Å². The van der Waals surface area contributed by atoms with Crippen molar-refractivity contribution in [1.29, 1.82) is 0 Å². The van der Waals surface area contributed by atoms with Crippen LogP contribution in [0, 0.1) is 5.92 Å². The maximum Gasteiger partial charge on any atom is 0.0710 e. The summed E-state index contributed by atoms with van der Waals surface area (Å²) in [5.41, 5.74) is 0. The zero-order valence-corrected chi connectivity index (χ0v) is 7.76. The molecule has 66 valence electrons. The number of ether oxygens (including phenoxy) is 1. The van der Waals surface area contributed by atoms with Crippen molar-refractivity contribution >= 4 is 0 Å². The molecule has 0 aromatic carbocycles. The maximum absolute atomic E-state index is 5.26. The number of hydrogen-bond acceptors (Lipinski definition) is 2. The van der Waals surface area contributed by atoms with Gasteiger partial charge in [0.2, 0.25) is 0 Å². The van der Waals surface area contributed by atoms with Gasteiger partial charge in [-0.15, -0.1) is 0 Å². The molecule has 0 unspecified atom stereocenters. The molecule has 0 spiro atoms. The van der Waals surface area contributed by atoms with E-state index in [4.69, 9.17) is 4.74 Å². The van der Waals surface area contributed by atoms with Gasteiger partial charge in [-0.25, -0.2) is 0 Å². The van der Waals surface area contributed by atoms with Crippen molar-refractivity contribution < 1.29 is 4.74 Å². The summed E-state index contributed by atoms with van der Waals surface area (Å²) in [6.45, 7) is 5.57. The molecule has 0 aromatic heterocycles. The fraction of sp³-hybridized carbons (Fsp3) is 1.00. The quantitative estimate of drug-likeness (QED) is 0.669. The molecule has 1 rings (SSSR count). The van der Waals surface area contributed by atoms with Crippen molar-refractivity contribution in [3.8, 4) is 0 Å². The van der Waals surface area contributed by atoms with E-state index in [2.05, 4.69) is 19.2 Å². The maximum atomic E-state index is 5.26. The number of rotatable bonds is 3. The van der Waals surface area contributed by atoms with E-state index in [1.807, 2.05) is 0 Å². The Balaban J connectivity index is 2.19. The van der Waals surface area contributed by atoms with Gasteiger partial charge in [0.15, 0.2) is 0 Å². The first kappa shape index (κ1) is 9.01. The van der Waals surface area contributed by atoms with Crippen LogP contribution in [0.15, 0.2) is 0 Å². The molecular formula is C9H19NO. The molecule has 1 fully saturated rings. The van der Waals surface area contributed by atoms with Gasteiger partial charge in [-0.05, 0) is 18.8 Å². The molecule has 0 bridgehead atoms. The number of methoxy groups -OCH3 is 1. The third-order valence-corrected chi connectivity index (χ3v) is 2.27. The van der Waals surface area contributed by atoms with E-state index in [1.54, 1.807) is 7.11 Å². The van der Waals surface area contributed by atoms with E-state index < -0.39 is 0 Å². The number of nitrogens with one attached hydrogen (secondary N) is 1. The Hall–Kier alpha value is -0.0800. The SMILES string of the molecule is CO[C@H]1CN[C@@H](CC(C)C)C1. The largest absolute Gasteiger partial charge is 0.380 e. The molecule has 1 aliphatic heterocycles.